The molecule has 1 amide bonds. The number of fused-ring (bicyclic) bond motifs is 1. The van der Waals surface area contributed by atoms with E-state index in [-0.39, 0.29) is 11.9 Å². The molecular formula is C19H16BrN3O. The Bertz CT molecular complexity index is 913. The van der Waals surface area contributed by atoms with Gasteiger partial charge in [-0.1, -0.05) is 45.8 Å². The fraction of sp³-hybridized carbons (Fsp3) is 0.158. The number of hydrogen-bond acceptors (Lipinski definition) is 2. The lowest BCUT2D eigenvalue weighted by atomic mass is 9.99. The van der Waals surface area contributed by atoms with Crippen molar-refractivity contribution >= 4 is 27.5 Å². The Morgan fingerprint density at radius 1 is 1.04 bits per heavy atom. The van der Waals surface area contributed by atoms with Crippen molar-refractivity contribution in [3.05, 3.63) is 81.1 Å². The number of nitrogens with zero attached hydrogens (tertiary/aromatic N) is 2. The third kappa shape index (κ3) is 2.27. The Morgan fingerprint density at radius 3 is 2.38 bits per heavy atom. The van der Waals surface area contributed by atoms with Crippen LogP contribution < -0.4 is 4.90 Å². The first-order valence-electron chi connectivity index (χ1n) is 7.77. The maximum atomic E-state index is 13.0. The van der Waals surface area contributed by atoms with Crippen LogP contribution in [-0.2, 0) is 0 Å². The number of anilines is 1. The van der Waals surface area contributed by atoms with E-state index in [0.717, 1.165) is 27.0 Å². The summed E-state index contributed by atoms with van der Waals surface area (Å²) in [6, 6.07) is 16.0. The summed E-state index contributed by atoms with van der Waals surface area (Å²) >= 11 is 3.47. The van der Waals surface area contributed by atoms with Crippen molar-refractivity contribution in [1.29, 1.82) is 0 Å². The number of H-pyrrole nitrogens is 1. The standard InChI is InChI=1S/C19H16BrN3O/c1-11-3-9-15(10-4-11)23-18(13-5-7-14(20)8-6-13)16-12(2)21-22-17(16)19(23)24/h3-10,18H,1-2H3,(H,21,22). The Labute approximate surface area is 148 Å². The predicted octanol–water partition coefficient (Wildman–Crippen LogP) is 4.54. The molecule has 1 N–H and O–H groups in total. The number of aromatic nitrogens is 2. The highest BCUT2D eigenvalue weighted by molar-refractivity contribution is 9.10. The fourth-order valence-electron chi connectivity index (χ4n) is 3.23. The first-order chi connectivity index (χ1) is 11.6. The van der Waals surface area contributed by atoms with Crippen molar-refractivity contribution in [1.82, 2.24) is 10.2 Å². The van der Waals surface area contributed by atoms with E-state index in [4.69, 9.17) is 0 Å². The molecule has 1 aliphatic rings. The average molecular weight is 382 g/mol. The Morgan fingerprint density at radius 2 is 1.71 bits per heavy atom. The van der Waals surface area contributed by atoms with E-state index >= 15 is 0 Å². The van der Waals surface area contributed by atoms with Crippen LogP contribution in [0.4, 0.5) is 5.69 Å². The molecule has 2 aromatic carbocycles. The van der Waals surface area contributed by atoms with Gasteiger partial charge in [-0.25, -0.2) is 0 Å². The Kier molecular flexibility index (Phi) is 3.53. The number of hydrogen-bond donors (Lipinski definition) is 1. The third-order valence-electron chi connectivity index (χ3n) is 4.45. The average Bonchev–Trinajstić information content (AvgIpc) is 3.09. The van der Waals surface area contributed by atoms with Crippen LogP contribution in [0.15, 0.2) is 53.0 Å². The van der Waals surface area contributed by atoms with Crippen molar-refractivity contribution in [2.75, 3.05) is 4.90 Å². The van der Waals surface area contributed by atoms with Crippen LogP contribution in [0, 0.1) is 13.8 Å². The Hall–Kier alpha value is -2.40. The van der Waals surface area contributed by atoms with Gasteiger partial charge in [0.2, 0.25) is 0 Å². The normalized spacial score (nSPS) is 16.5. The summed E-state index contributed by atoms with van der Waals surface area (Å²) in [6.45, 7) is 4.00. The minimum Gasteiger partial charge on any atom is -0.295 e. The first-order valence-corrected chi connectivity index (χ1v) is 8.56. The first kappa shape index (κ1) is 15.1. The SMILES string of the molecule is Cc1ccc(N2C(=O)c3n[nH]c(C)c3C2c2ccc(Br)cc2)cc1. The number of nitrogens with one attached hydrogen (secondary N) is 1. The molecular weight excluding hydrogens is 366 g/mol. The summed E-state index contributed by atoms with van der Waals surface area (Å²) < 4.78 is 1.02. The summed E-state index contributed by atoms with van der Waals surface area (Å²) in [7, 11) is 0. The smallest absolute Gasteiger partial charge is 0.279 e. The van der Waals surface area contributed by atoms with Crippen LogP contribution in [0.25, 0.3) is 0 Å². The summed E-state index contributed by atoms with van der Waals surface area (Å²) in [5.41, 5.74) is 5.52. The zero-order valence-corrected chi connectivity index (χ0v) is 15.0. The van der Waals surface area contributed by atoms with Gasteiger partial charge in [0, 0.05) is 21.4 Å². The number of rotatable bonds is 2. The molecule has 0 spiro atoms. The van der Waals surface area contributed by atoms with E-state index in [1.54, 1.807) is 0 Å². The maximum absolute atomic E-state index is 13.0. The largest absolute Gasteiger partial charge is 0.295 e. The monoisotopic (exact) mass is 381 g/mol. The second kappa shape index (κ2) is 5.60. The summed E-state index contributed by atoms with van der Waals surface area (Å²) in [5.74, 6) is -0.0638. The number of carbonyl (C=O) groups is 1. The second-order valence-corrected chi connectivity index (χ2v) is 6.99. The second-order valence-electron chi connectivity index (χ2n) is 6.08. The molecule has 4 nitrogen and oxygen atoms in total. The molecule has 0 radical (unpaired) electrons. The van der Waals surface area contributed by atoms with Gasteiger partial charge in [-0.2, -0.15) is 5.10 Å². The molecule has 4 rings (SSSR count). The van der Waals surface area contributed by atoms with Gasteiger partial charge in [0.1, 0.15) is 0 Å². The molecule has 1 unspecified atom stereocenters. The van der Waals surface area contributed by atoms with Gasteiger partial charge in [0.25, 0.3) is 5.91 Å². The molecule has 0 aliphatic carbocycles. The topological polar surface area (TPSA) is 49.0 Å². The van der Waals surface area contributed by atoms with Crippen LogP contribution in [-0.4, -0.2) is 16.1 Å². The van der Waals surface area contributed by atoms with E-state index in [2.05, 4.69) is 26.1 Å². The minimum absolute atomic E-state index is 0.0638. The fourth-order valence-corrected chi connectivity index (χ4v) is 3.49. The number of aryl methyl sites for hydroxylation is 2. The van der Waals surface area contributed by atoms with Crippen molar-refractivity contribution in [3.8, 4) is 0 Å². The van der Waals surface area contributed by atoms with Gasteiger partial charge in [-0.3, -0.25) is 14.8 Å². The highest BCUT2D eigenvalue weighted by Gasteiger charge is 2.42. The van der Waals surface area contributed by atoms with Crippen molar-refractivity contribution in [2.45, 2.75) is 19.9 Å². The van der Waals surface area contributed by atoms with Crippen molar-refractivity contribution in [3.63, 3.8) is 0 Å². The van der Waals surface area contributed by atoms with E-state index < -0.39 is 0 Å². The number of aromatic amines is 1. The summed E-state index contributed by atoms with van der Waals surface area (Å²) in [4.78, 5) is 14.8. The van der Waals surface area contributed by atoms with Crippen LogP contribution in [0.3, 0.4) is 0 Å². The molecule has 120 valence electrons. The number of carbonyl (C=O) groups excluding carboxylic acids is 1. The van der Waals surface area contributed by atoms with E-state index in [1.165, 1.54) is 5.56 Å². The summed E-state index contributed by atoms with van der Waals surface area (Å²) in [6.07, 6.45) is 0. The lowest BCUT2D eigenvalue weighted by Crippen LogP contribution is -2.29. The van der Waals surface area contributed by atoms with Gasteiger partial charge in [0.15, 0.2) is 5.69 Å². The molecule has 1 aromatic heterocycles. The molecule has 0 saturated heterocycles. The maximum Gasteiger partial charge on any atom is 0.279 e. The van der Waals surface area contributed by atoms with E-state index in [9.17, 15) is 4.79 Å². The molecule has 3 aromatic rings. The molecule has 0 bridgehead atoms. The number of halogens is 1. The van der Waals surface area contributed by atoms with Gasteiger partial charge in [-0.15, -0.1) is 0 Å². The van der Waals surface area contributed by atoms with E-state index in [0.29, 0.717) is 5.69 Å². The predicted molar refractivity (Wildman–Crippen MR) is 97.3 cm³/mol. The zero-order chi connectivity index (χ0) is 16.8. The van der Waals surface area contributed by atoms with E-state index in [1.807, 2.05) is 67.3 Å². The number of benzene rings is 2. The molecule has 1 aliphatic heterocycles. The minimum atomic E-state index is -0.165. The Balaban J connectivity index is 1.89. The van der Waals surface area contributed by atoms with Gasteiger partial charge < -0.3 is 0 Å². The van der Waals surface area contributed by atoms with Crippen LogP contribution in [0.2, 0.25) is 0 Å². The molecule has 1 atom stereocenters. The molecule has 0 saturated carbocycles. The van der Waals surface area contributed by atoms with Gasteiger partial charge in [-0.05, 0) is 43.7 Å². The highest BCUT2D eigenvalue weighted by atomic mass is 79.9. The third-order valence-corrected chi connectivity index (χ3v) is 4.97. The van der Waals surface area contributed by atoms with Gasteiger partial charge >= 0.3 is 0 Å². The highest BCUT2D eigenvalue weighted by Crippen LogP contribution is 2.42. The molecule has 0 fully saturated rings. The number of amides is 1. The lowest BCUT2D eigenvalue weighted by molar-refractivity contribution is 0.0988. The summed E-state index contributed by atoms with van der Waals surface area (Å²) in [5, 5.41) is 7.19. The lowest BCUT2D eigenvalue weighted by Gasteiger charge is -2.26. The zero-order valence-electron chi connectivity index (χ0n) is 13.4. The van der Waals surface area contributed by atoms with Crippen LogP contribution in [0.5, 0.6) is 0 Å². The van der Waals surface area contributed by atoms with Crippen LogP contribution >= 0.6 is 15.9 Å². The molecule has 2 heterocycles. The van der Waals surface area contributed by atoms with Crippen molar-refractivity contribution in [2.24, 2.45) is 0 Å². The van der Waals surface area contributed by atoms with Crippen LogP contribution in [0.1, 0.15) is 38.9 Å². The van der Waals surface area contributed by atoms with Crippen molar-refractivity contribution < 1.29 is 4.79 Å². The molecule has 5 heteroatoms. The quantitative estimate of drug-likeness (QED) is 0.708. The van der Waals surface area contributed by atoms with Gasteiger partial charge in [0.05, 0.1) is 6.04 Å². The molecule has 24 heavy (non-hydrogen) atoms.